The molecule has 0 spiro atoms. The van der Waals surface area contributed by atoms with Gasteiger partial charge in [-0.25, -0.2) is 0 Å². The highest BCUT2D eigenvalue weighted by atomic mass is 35.5. The van der Waals surface area contributed by atoms with Crippen LogP contribution in [0.3, 0.4) is 0 Å². The molecule has 1 aromatic heterocycles. The molecule has 1 aromatic carbocycles. The normalized spacial score (nSPS) is 16.6. The summed E-state index contributed by atoms with van der Waals surface area (Å²) in [6, 6.07) is 6.96. The van der Waals surface area contributed by atoms with Gasteiger partial charge in [-0.05, 0) is 30.3 Å². The Morgan fingerprint density at radius 2 is 2.22 bits per heavy atom. The average molecular weight is 392 g/mol. The van der Waals surface area contributed by atoms with Crippen LogP contribution >= 0.6 is 11.6 Å². The summed E-state index contributed by atoms with van der Waals surface area (Å²) in [6.45, 7) is 0.592. The summed E-state index contributed by atoms with van der Waals surface area (Å²) >= 11 is 5.96. The lowest BCUT2D eigenvalue weighted by Crippen LogP contribution is -2.58. The molecule has 3 rings (SSSR count). The van der Waals surface area contributed by atoms with E-state index in [4.69, 9.17) is 20.8 Å². The number of anilines is 1. The molecule has 142 valence electrons. The fourth-order valence-electron chi connectivity index (χ4n) is 2.86. The number of piperazine rings is 1. The lowest BCUT2D eigenvalue weighted by atomic mass is 10.1. The van der Waals surface area contributed by atoms with Crippen molar-refractivity contribution in [3.05, 3.63) is 47.4 Å². The Balaban J connectivity index is 1.75. The molecule has 27 heavy (non-hydrogen) atoms. The maximum absolute atomic E-state index is 12.6. The zero-order valence-corrected chi connectivity index (χ0v) is 15.3. The first kappa shape index (κ1) is 18.8. The summed E-state index contributed by atoms with van der Waals surface area (Å²) in [5.41, 5.74) is 0.384. The third-order valence-electron chi connectivity index (χ3n) is 4.14. The predicted octanol–water partition coefficient (Wildman–Crippen LogP) is 1.91. The molecule has 2 heterocycles. The van der Waals surface area contributed by atoms with Crippen LogP contribution in [0.15, 0.2) is 41.0 Å². The summed E-state index contributed by atoms with van der Waals surface area (Å²) in [5.74, 6) is -0.729. The summed E-state index contributed by atoms with van der Waals surface area (Å²) in [4.78, 5) is 38.7. The van der Waals surface area contributed by atoms with Crippen molar-refractivity contribution in [3.63, 3.8) is 0 Å². The number of nitrogens with zero attached hydrogens (tertiary/aromatic N) is 1. The van der Waals surface area contributed by atoms with E-state index in [1.54, 1.807) is 24.3 Å². The lowest BCUT2D eigenvalue weighted by molar-refractivity contribution is -0.131. The molecule has 1 aliphatic heterocycles. The number of methoxy groups -OCH3 is 1. The Labute approximate surface area is 160 Å². The molecule has 0 radical (unpaired) electrons. The van der Waals surface area contributed by atoms with Gasteiger partial charge in [-0.1, -0.05) is 11.6 Å². The third-order valence-corrected chi connectivity index (χ3v) is 4.37. The number of benzene rings is 1. The lowest BCUT2D eigenvalue weighted by Gasteiger charge is -2.34. The van der Waals surface area contributed by atoms with Crippen LogP contribution in [0.25, 0.3) is 0 Å². The Morgan fingerprint density at radius 3 is 2.93 bits per heavy atom. The van der Waals surface area contributed by atoms with Crippen LogP contribution in [0.1, 0.15) is 17.0 Å². The molecule has 2 N–H and O–H groups in total. The predicted molar refractivity (Wildman–Crippen MR) is 97.8 cm³/mol. The fraction of sp³-hybridized carbons (Fsp3) is 0.278. The summed E-state index contributed by atoms with van der Waals surface area (Å²) in [5, 5.41) is 5.78. The number of nitrogens with one attached hydrogen (secondary N) is 2. The minimum absolute atomic E-state index is 0.117. The van der Waals surface area contributed by atoms with Gasteiger partial charge in [0.25, 0.3) is 5.91 Å². The largest absolute Gasteiger partial charge is 0.495 e. The Bertz CT molecular complexity index is 853. The van der Waals surface area contributed by atoms with E-state index in [1.807, 2.05) is 0 Å². The molecule has 2 aromatic rings. The van der Waals surface area contributed by atoms with Crippen molar-refractivity contribution in [2.45, 2.75) is 12.5 Å². The third kappa shape index (κ3) is 4.22. The number of amides is 3. The molecule has 1 fully saturated rings. The molecule has 9 heteroatoms. The van der Waals surface area contributed by atoms with Gasteiger partial charge in [0.2, 0.25) is 11.8 Å². The van der Waals surface area contributed by atoms with Crippen LogP contribution in [0.5, 0.6) is 5.75 Å². The van der Waals surface area contributed by atoms with Crippen molar-refractivity contribution in [1.29, 1.82) is 0 Å². The number of halogens is 1. The smallest absolute Gasteiger partial charge is 0.290 e. The van der Waals surface area contributed by atoms with E-state index in [-0.39, 0.29) is 18.7 Å². The summed E-state index contributed by atoms with van der Waals surface area (Å²) < 4.78 is 10.3. The van der Waals surface area contributed by atoms with E-state index >= 15 is 0 Å². The van der Waals surface area contributed by atoms with E-state index in [2.05, 4.69) is 10.6 Å². The first-order valence-electron chi connectivity index (χ1n) is 8.25. The quantitative estimate of drug-likeness (QED) is 0.810. The molecule has 0 bridgehead atoms. The highest BCUT2D eigenvalue weighted by Gasteiger charge is 2.36. The van der Waals surface area contributed by atoms with Crippen molar-refractivity contribution < 1.29 is 23.5 Å². The van der Waals surface area contributed by atoms with Gasteiger partial charge in [-0.2, -0.15) is 0 Å². The van der Waals surface area contributed by atoms with E-state index in [9.17, 15) is 14.4 Å². The number of carbonyl (C=O) groups excluding carboxylic acids is 3. The minimum Gasteiger partial charge on any atom is -0.495 e. The standard InChI is InChI=1S/C18H18ClN3O5/c1-26-14-5-4-11(19)9-12(14)21-16(23)10-13-17(24)20-6-7-22(13)18(25)15-3-2-8-27-15/h2-5,8-9,13H,6-7,10H2,1H3,(H,20,24)(H,21,23). The SMILES string of the molecule is COc1ccc(Cl)cc1NC(=O)CC1C(=O)NCCN1C(=O)c1ccco1. The van der Waals surface area contributed by atoms with Crippen LogP contribution in [0.2, 0.25) is 5.02 Å². The van der Waals surface area contributed by atoms with Gasteiger partial charge >= 0.3 is 0 Å². The van der Waals surface area contributed by atoms with E-state index in [0.29, 0.717) is 23.0 Å². The number of ether oxygens (including phenoxy) is 1. The molecule has 1 atom stereocenters. The van der Waals surface area contributed by atoms with Gasteiger partial charge in [0.05, 0.1) is 25.5 Å². The van der Waals surface area contributed by atoms with Gasteiger partial charge in [-0.15, -0.1) is 0 Å². The summed E-state index contributed by atoms with van der Waals surface area (Å²) in [7, 11) is 1.47. The van der Waals surface area contributed by atoms with Crippen molar-refractivity contribution in [3.8, 4) is 5.75 Å². The van der Waals surface area contributed by atoms with Crippen LogP contribution in [-0.2, 0) is 9.59 Å². The fourth-order valence-corrected chi connectivity index (χ4v) is 3.03. The van der Waals surface area contributed by atoms with E-state index in [1.165, 1.54) is 24.3 Å². The molecule has 1 saturated heterocycles. The van der Waals surface area contributed by atoms with Crippen LogP contribution in [0, 0.1) is 0 Å². The van der Waals surface area contributed by atoms with Crippen LogP contribution in [0.4, 0.5) is 5.69 Å². The van der Waals surface area contributed by atoms with E-state index < -0.39 is 23.8 Å². The molecule has 0 saturated carbocycles. The van der Waals surface area contributed by atoms with Gasteiger partial charge in [-0.3, -0.25) is 14.4 Å². The average Bonchev–Trinajstić information content (AvgIpc) is 3.18. The van der Waals surface area contributed by atoms with Crippen LogP contribution in [-0.4, -0.2) is 48.9 Å². The Kier molecular flexibility index (Phi) is 5.66. The summed E-state index contributed by atoms with van der Waals surface area (Å²) in [6.07, 6.45) is 1.17. The zero-order chi connectivity index (χ0) is 19.4. The second kappa shape index (κ2) is 8.13. The first-order valence-corrected chi connectivity index (χ1v) is 8.63. The number of rotatable bonds is 5. The van der Waals surface area contributed by atoms with Gasteiger partial charge < -0.3 is 24.7 Å². The monoisotopic (exact) mass is 391 g/mol. The van der Waals surface area contributed by atoms with Gasteiger partial charge in [0.15, 0.2) is 5.76 Å². The number of hydrogen-bond donors (Lipinski definition) is 2. The first-order chi connectivity index (χ1) is 13.0. The molecule has 0 aliphatic carbocycles. The van der Waals surface area contributed by atoms with Crippen molar-refractivity contribution in [2.75, 3.05) is 25.5 Å². The minimum atomic E-state index is -0.943. The highest BCUT2D eigenvalue weighted by Crippen LogP contribution is 2.28. The maximum atomic E-state index is 12.6. The molecule has 3 amide bonds. The Morgan fingerprint density at radius 1 is 1.41 bits per heavy atom. The Hall–Kier alpha value is -3.00. The molecular formula is C18H18ClN3O5. The second-order valence-corrected chi connectivity index (χ2v) is 6.32. The van der Waals surface area contributed by atoms with Crippen molar-refractivity contribution in [2.24, 2.45) is 0 Å². The van der Waals surface area contributed by atoms with Gasteiger partial charge in [0.1, 0.15) is 11.8 Å². The molecular weight excluding hydrogens is 374 g/mol. The topological polar surface area (TPSA) is 101 Å². The van der Waals surface area contributed by atoms with Gasteiger partial charge in [0, 0.05) is 18.1 Å². The molecule has 8 nitrogen and oxygen atoms in total. The highest BCUT2D eigenvalue weighted by molar-refractivity contribution is 6.31. The molecule has 1 unspecified atom stereocenters. The van der Waals surface area contributed by atoms with E-state index in [0.717, 1.165) is 0 Å². The number of furan rings is 1. The van der Waals surface area contributed by atoms with Crippen molar-refractivity contribution in [1.82, 2.24) is 10.2 Å². The second-order valence-electron chi connectivity index (χ2n) is 5.88. The number of carbonyl (C=O) groups is 3. The maximum Gasteiger partial charge on any atom is 0.290 e. The zero-order valence-electron chi connectivity index (χ0n) is 14.5. The van der Waals surface area contributed by atoms with Crippen molar-refractivity contribution >= 4 is 35.0 Å². The van der Waals surface area contributed by atoms with Crippen LogP contribution < -0.4 is 15.4 Å². The molecule has 1 aliphatic rings. The number of hydrogen-bond acceptors (Lipinski definition) is 5.